The third kappa shape index (κ3) is 2.57. The van der Waals surface area contributed by atoms with Gasteiger partial charge in [-0.25, -0.2) is 0 Å². The van der Waals surface area contributed by atoms with Gasteiger partial charge in [-0.3, -0.25) is 0 Å². The molecule has 0 aliphatic rings. The molecule has 0 saturated carbocycles. The Kier molecular flexibility index (Phi) is 3.27. The number of rotatable bonds is 2. The van der Waals surface area contributed by atoms with Crippen molar-refractivity contribution in [2.75, 3.05) is 5.73 Å². The number of anilines is 1. The Morgan fingerprint density at radius 1 is 1.26 bits per heavy atom. The average molecular weight is 260 g/mol. The van der Waals surface area contributed by atoms with Crippen LogP contribution in [0, 0.1) is 0 Å². The predicted molar refractivity (Wildman–Crippen MR) is 76.1 cm³/mol. The van der Waals surface area contributed by atoms with Crippen molar-refractivity contribution in [3.8, 4) is 17.1 Å². The number of phenolic OH excluding ortho intramolecular Hbond substituents is 1. The number of nitrogen functional groups attached to an aromatic ring is 1. The normalized spacial score (nSPS) is 11.8. The van der Waals surface area contributed by atoms with E-state index >= 15 is 0 Å². The Hall–Kier alpha value is -1.97. The van der Waals surface area contributed by atoms with E-state index in [1.807, 2.05) is 12.1 Å². The highest BCUT2D eigenvalue weighted by molar-refractivity contribution is 5.70. The SMILES string of the molecule is CCc1cc(-c2cc(N)no2)c(O)c(C(C)(C)C)c1. The maximum Gasteiger partial charge on any atom is 0.172 e. The molecular formula is C15H20N2O2. The second-order valence-electron chi connectivity index (χ2n) is 5.76. The number of aromatic hydroxyl groups is 1. The van der Waals surface area contributed by atoms with Gasteiger partial charge in [0.15, 0.2) is 11.6 Å². The van der Waals surface area contributed by atoms with Gasteiger partial charge in [0.2, 0.25) is 0 Å². The molecule has 1 heterocycles. The summed E-state index contributed by atoms with van der Waals surface area (Å²) >= 11 is 0. The topological polar surface area (TPSA) is 72.3 Å². The van der Waals surface area contributed by atoms with Gasteiger partial charge in [0, 0.05) is 11.6 Å². The van der Waals surface area contributed by atoms with E-state index in [9.17, 15) is 5.11 Å². The number of aryl methyl sites for hydroxylation is 1. The van der Waals surface area contributed by atoms with Crippen molar-refractivity contribution < 1.29 is 9.63 Å². The number of nitrogens with zero attached hydrogens (tertiary/aromatic N) is 1. The van der Waals surface area contributed by atoms with Gasteiger partial charge >= 0.3 is 0 Å². The Balaban J connectivity index is 2.67. The van der Waals surface area contributed by atoms with Crippen LogP contribution in [0.3, 0.4) is 0 Å². The number of nitrogens with two attached hydrogens (primary N) is 1. The lowest BCUT2D eigenvalue weighted by Gasteiger charge is -2.22. The molecule has 0 bridgehead atoms. The van der Waals surface area contributed by atoms with Crippen molar-refractivity contribution in [1.29, 1.82) is 0 Å². The molecule has 0 aliphatic heterocycles. The van der Waals surface area contributed by atoms with Crippen molar-refractivity contribution in [1.82, 2.24) is 5.16 Å². The molecule has 0 aliphatic carbocycles. The van der Waals surface area contributed by atoms with Crippen LogP contribution in [-0.4, -0.2) is 10.3 Å². The molecule has 102 valence electrons. The molecule has 2 aromatic rings. The molecule has 3 N–H and O–H groups in total. The van der Waals surface area contributed by atoms with Crippen molar-refractivity contribution in [2.45, 2.75) is 39.5 Å². The Labute approximate surface area is 113 Å². The molecule has 0 spiro atoms. The second kappa shape index (κ2) is 4.61. The minimum Gasteiger partial charge on any atom is -0.507 e. The summed E-state index contributed by atoms with van der Waals surface area (Å²) in [6.07, 6.45) is 0.889. The fraction of sp³-hybridized carbons (Fsp3) is 0.400. The zero-order chi connectivity index (χ0) is 14.2. The number of benzene rings is 1. The number of hydrogen-bond acceptors (Lipinski definition) is 4. The molecule has 4 heteroatoms. The second-order valence-corrected chi connectivity index (χ2v) is 5.76. The molecule has 0 amide bonds. The van der Waals surface area contributed by atoms with Crippen LogP contribution in [-0.2, 0) is 11.8 Å². The van der Waals surface area contributed by atoms with E-state index in [4.69, 9.17) is 10.3 Å². The first-order valence-corrected chi connectivity index (χ1v) is 6.42. The summed E-state index contributed by atoms with van der Waals surface area (Å²) in [5.74, 6) is 1.05. The number of aromatic nitrogens is 1. The molecule has 2 rings (SSSR count). The predicted octanol–water partition coefficient (Wildman–Crippen LogP) is 3.49. The van der Waals surface area contributed by atoms with Crippen LogP contribution in [0.5, 0.6) is 5.75 Å². The fourth-order valence-electron chi connectivity index (χ4n) is 2.07. The summed E-state index contributed by atoms with van der Waals surface area (Å²) < 4.78 is 5.16. The standard InChI is InChI=1S/C15H20N2O2/c1-5-9-6-10(12-8-13(16)17-19-12)14(18)11(7-9)15(2,3)4/h6-8,18H,5H2,1-4H3,(H2,16,17). The minimum absolute atomic E-state index is 0.143. The molecule has 19 heavy (non-hydrogen) atoms. The van der Waals surface area contributed by atoms with E-state index in [1.165, 1.54) is 0 Å². The molecule has 1 aromatic heterocycles. The summed E-state index contributed by atoms with van der Waals surface area (Å²) in [6.45, 7) is 8.29. The van der Waals surface area contributed by atoms with Gasteiger partial charge in [-0.15, -0.1) is 0 Å². The van der Waals surface area contributed by atoms with Crippen LogP contribution in [0.2, 0.25) is 0 Å². The van der Waals surface area contributed by atoms with Crippen LogP contribution >= 0.6 is 0 Å². The van der Waals surface area contributed by atoms with Gasteiger partial charge < -0.3 is 15.4 Å². The highest BCUT2D eigenvalue weighted by Crippen LogP contribution is 2.39. The van der Waals surface area contributed by atoms with E-state index in [2.05, 4.69) is 32.9 Å². The van der Waals surface area contributed by atoms with E-state index < -0.39 is 0 Å². The monoisotopic (exact) mass is 260 g/mol. The van der Waals surface area contributed by atoms with Crippen molar-refractivity contribution in [2.24, 2.45) is 0 Å². The average Bonchev–Trinajstić information content (AvgIpc) is 2.74. The summed E-state index contributed by atoms with van der Waals surface area (Å²) in [6, 6.07) is 5.59. The van der Waals surface area contributed by atoms with Crippen molar-refractivity contribution in [3.63, 3.8) is 0 Å². The third-order valence-corrected chi connectivity index (χ3v) is 3.18. The minimum atomic E-state index is -0.143. The van der Waals surface area contributed by atoms with Crippen LogP contribution in [0.15, 0.2) is 22.7 Å². The number of phenols is 1. The largest absolute Gasteiger partial charge is 0.507 e. The summed E-state index contributed by atoms with van der Waals surface area (Å²) in [5.41, 5.74) is 8.12. The molecule has 0 fully saturated rings. The summed E-state index contributed by atoms with van der Waals surface area (Å²) in [5, 5.41) is 14.2. The first-order chi connectivity index (χ1) is 8.82. The molecule has 0 unspecified atom stereocenters. The van der Waals surface area contributed by atoms with Gasteiger partial charge in [0.25, 0.3) is 0 Å². The van der Waals surface area contributed by atoms with E-state index in [0.29, 0.717) is 17.1 Å². The van der Waals surface area contributed by atoms with Gasteiger partial charge in [-0.05, 0) is 23.5 Å². The number of hydrogen-bond donors (Lipinski definition) is 2. The zero-order valence-electron chi connectivity index (χ0n) is 11.8. The van der Waals surface area contributed by atoms with Crippen LogP contribution < -0.4 is 5.73 Å². The first-order valence-electron chi connectivity index (χ1n) is 6.42. The van der Waals surface area contributed by atoms with E-state index in [0.717, 1.165) is 17.5 Å². The Morgan fingerprint density at radius 2 is 1.95 bits per heavy atom. The maximum atomic E-state index is 10.5. The quantitative estimate of drug-likeness (QED) is 0.867. The Bertz CT molecular complexity index is 595. The third-order valence-electron chi connectivity index (χ3n) is 3.18. The van der Waals surface area contributed by atoms with Crippen LogP contribution in [0.4, 0.5) is 5.82 Å². The molecule has 0 radical (unpaired) electrons. The lowest BCUT2D eigenvalue weighted by molar-refractivity contribution is 0.423. The Morgan fingerprint density at radius 3 is 2.42 bits per heavy atom. The maximum absolute atomic E-state index is 10.5. The summed E-state index contributed by atoms with van der Waals surface area (Å²) in [4.78, 5) is 0. The lowest BCUT2D eigenvalue weighted by Crippen LogP contribution is -2.12. The van der Waals surface area contributed by atoms with Crippen LogP contribution in [0.1, 0.15) is 38.8 Å². The molecule has 1 aromatic carbocycles. The first kappa shape index (κ1) is 13.5. The van der Waals surface area contributed by atoms with Gasteiger partial charge in [0.1, 0.15) is 5.75 Å². The lowest BCUT2D eigenvalue weighted by atomic mass is 9.83. The van der Waals surface area contributed by atoms with Crippen LogP contribution in [0.25, 0.3) is 11.3 Å². The fourth-order valence-corrected chi connectivity index (χ4v) is 2.07. The zero-order valence-corrected chi connectivity index (χ0v) is 11.8. The van der Waals surface area contributed by atoms with Crippen molar-refractivity contribution >= 4 is 5.82 Å². The van der Waals surface area contributed by atoms with Gasteiger partial charge in [0.05, 0.1) is 5.56 Å². The van der Waals surface area contributed by atoms with Gasteiger partial charge in [-0.1, -0.05) is 38.9 Å². The van der Waals surface area contributed by atoms with E-state index in [1.54, 1.807) is 6.07 Å². The summed E-state index contributed by atoms with van der Waals surface area (Å²) in [7, 11) is 0. The molecule has 0 saturated heterocycles. The van der Waals surface area contributed by atoms with Gasteiger partial charge in [-0.2, -0.15) is 0 Å². The highest BCUT2D eigenvalue weighted by atomic mass is 16.5. The smallest absolute Gasteiger partial charge is 0.172 e. The molecular weight excluding hydrogens is 240 g/mol. The van der Waals surface area contributed by atoms with Crippen molar-refractivity contribution in [3.05, 3.63) is 29.3 Å². The van der Waals surface area contributed by atoms with E-state index in [-0.39, 0.29) is 11.2 Å². The highest BCUT2D eigenvalue weighted by Gasteiger charge is 2.23. The molecule has 0 atom stereocenters. The molecule has 4 nitrogen and oxygen atoms in total.